The van der Waals surface area contributed by atoms with Gasteiger partial charge in [0.1, 0.15) is 23.9 Å². The second-order valence-corrected chi connectivity index (χ2v) is 6.24. The van der Waals surface area contributed by atoms with E-state index in [2.05, 4.69) is 6.58 Å². The summed E-state index contributed by atoms with van der Waals surface area (Å²) >= 11 is 0. The molecule has 6 heteroatoms. The van der Waals surface area contributed by atoms with Gasteiger partial charge < -0.3 is 18.9 Å². The molecule has 0 saturated carbocycles. The second kappa shape index (κ2) is 9.10. The lowest BCUT2D eigenvalue weighted by molar-refractivity contribution is -0.144. The van der Waals surface area contributed by atoms with Gasteiger partial charge in [-0.1, -0.05) is 30.9 Å². The third-order valence-corrected chi connectivity index (χ3v) is 4.25. The van der Waals surface area contributed by atoms with E-state index in [1.54, 1.807) is 25.1 Å². The highest BCUT2D eigenvalue weighted by molar-refractivity contribution is 6.15. The number of para-hydroxylation sites is 1. The molecule has 0 spiro atoms. The second-order valence-electron chi connectivity index (χ2n) is 6.24. The molecule has 0 fully saturated rings. The van der Waals surface area contributed by atoms with Gasteiger partial charge in [-0.15, -0.1) is 0 Å². The fourth-order valence-corrected chi connectivity index (χ4v) is 2.88. The first-order valence-electron chi connectivity index (χ1n) is 9.24. The van der Waals surface area contributed by atoms with Crippen molar-refractivity contribution in [3.05, 3.63) is 71.5 Å². The molecular formula is C23H22O6. The highest BCUT2D eigenvalue weighted by Crippen LogP contribution is 2.39. The molecule has 0 N–H and O–H groups in total. The minimum absolute atomic E-state index is 0.125. The third-order valence-electron chi connectivity index (χ3n) is 4.25. The zero-order chi connectivity index (χ0) is 20.8. The number of ketones is 1. The lowest BCUT2D eigenvalue weighted by Crippen LogP contribution is -2.15. The Morgan fingerprint density at radius 2 is 1.93 bits per heavy atom. The molecule has 1 aliphatic heterocycles. The van der Waals surface area contributed by atoms with Crippen LogP contribution in [-0.2, 0) is 9.53 Å². The number of hydrogen-bond acceptors (Lipinski definition) is 6. The van der Waals surface area contributed by atoms with Crippen molar-refractivity contribution in [1.29, 1.82) is 0 Å². The lowest BCUT2D eigenvalue weighted by Gasteiger charge is -2.11. The molecule has 0 aromatic heterocycles. The quantitative estimate of drug-likeness (QED) is 0.381. The Morgan fingerprint density at radius 1 is 1.14 bits per heavy atom. The summed E-state index contributed by atoms with van der Waals surface area (Å²) in [5.41, 5.74) is 1.84. The molecule has 0 saturated heterocycles. The molecule has 2 aromatic carbocycles. The van der Waals surface area contributed by atoms with Crippen molar-refractivity contribution in [2.24, 2.45) is 0 Å². The van der Waals surface area contributed by atoms with Crippen LogP contribution in [0.1, 0.15) is 28.4 Å². The number of carbonyl (C=O) groups is 2. The van der Waals surface area contributed by atoms with Crippen LogP contribution in [0, 0.1) is 6.92 Å². The molecular weight excluding hydrogens is 372 g/mol. The van der Waals surface area contributed by atoms with Crippen LogP contribution in [0.3, 0.4) is 0 Å². The summed E-state index contributed by atoms with van der Waals surface area (Å²) in [6.07, 6.45) is 3.15. The molecule has 0 radical (unpaired) electrons. The number of fused-ring (bicyclic) bond motifs is 1. The van der Waals surface area contributed by atoms with E-state index in [0.29, 0.717) is 35.0 Å². The van der Waals surface area contributed by atoms with Crippen LogP contribution in [-0.4, -0.2) is 31.6 Å². The average molecular weight is 394 g/mol. The molecule has 3 rings (SSSR count). The highest BCUT2D eigenvalue weighted by atomic mass is 16.6. The number of ether oxygens (including phenoxy) is 4. The topological polar surface area (TPSA) is 71.1 Å². The molecule has 0 unspecified atom stereocenters. The number of Topliss-reactive ketones (excluding diaryl/α,β-unsaturated/α-hetero) is 1. The molecule has 6 nitrogen and oxygen atoms in total. The molecule has 0 atom stereocenters. The van der Waals surface area contributed by atoms with Crippen molar-refractivity contribution >= 4 is 17.8 Å². The minimum atomic E-state index is -0.505. The number of esters is 1. The Bertz CT molecular complexity index is 973. The minimum Gasteiger partial charge on any atom is -0.493 e. The van der Waals surface area contributed by atoms with Gasteiger partial charge in [0.05, 0.1) is 12.2 Å². The highest BCUT2D eigenvalue weighted by Gasteiger charge is 2.30. The van der Waals surface area contributed by atoms with E-state index in [0.717, 1.165) is 5.56 Å². The van der Waals surface area contributed by atoms with Crippen LogP contribution in [0.5, 0.6) is 17.2 Å². The van der Waals surface area contributed by atoms with Crippen molar-refractivity contribution in [2.75, 3.05) is 19.8 Å². The number of allylic oxidation sites excluding steroid dienone is 1. The van der Waals surface area contributed by atoms with E-state index >= 15 is 0 Å². The van der Waals surface area contributed by atoms with Gasteiger partial charge >= 0.3 is 5.97 Å². The molecule has 2 aromatic rings. The standard InChI is InChI=1S/C23H22O6/c1-4-12-27-21(24)14-28-18-11-10-17-22(25)20(29-23(17)15(18)3)13-16-8-6-7-9-19(16)26-5-2/h4,6-11,13H,1,5,12,14H2,2-3H3/b20-13-. The van der Waals surface area contributed by atoms with E-state index in [9.17, 15) is 9.59 Å². The van der Waals surface area contributed by atoms with Gasteiger partial charge in [-0.05, 0) is 38.1 Å². The maximum absolute atomic E-state index is 12.8. The Morgan fingerprint density at radius 3 is 2.69 bits per heavy atom. The van der Waals surface area contributed by atoms with E-state index < -0.39 is 5.97 Å². The average Bonchev–Trinajstić information content (AvgIpc) is 3.04. The zero-order valence-electron chi connectivity index (χ0n) is 16.4. The first-order valence-corrected chi connectivity index (χ1v) is 9.24. The predicted octanol–water partition coefficient (Wildman–Crippen LogP) is 4.12. The fraction of sp³-hybridized carbons (Fsp3) is 0.217. The molecule has 1 heterocycles. The molecule has 0 amide bonds. The number of carbonyl (C=O) groups excluding carboxylic acids is 2. The maximum Gasteiger partial charge on any atom is 0.344 e. The van der Waals surface area contributed by atoms with Gasteiger partial charge in [0.2, 0.25) is 5.78 Å². The van der Waals surface area contributed by atoms with Crippen molar-refractivity contribution < 1.29 is 28.5 Å². The van der Waals surface area contributed by atoms with Crippen LogP contribution in [0.25, 0.3) is 6.08 Å². The monoisotopic (exact) mass is 394 g/mol. The summed E-state index contributed by atoms with van der Waals surface area (Å²) in [7, 11) is 0. The summed E-state index contributed by atoms with van der Waals surface area (Å²) in [5, 5.41) is 0. The van der Waals surface area contributed by atoms with Crippen LogP contribution in [0.4, 0.5) is 0 Å². The molecule has 0 aliphatic carbocycles. The molecule has 29 heavy (non-hydrogen) atoms. The number of rotatable bonds is 8. The Kier molecular flexibility index (Phi) is 6.34. The van der Waals surface area contributed by atoms with Crippen molar-refractivity contribution in [3.8, 4) is 17.2 Å². The normalized spacial score (nSPS) is 13.6. The van der Waals surface area contributed by atoms with E-state index in [1.165, 1.54) is 6.08 Å². The first-order chi connectivity index (χ1) is 14.0. The van der Waals surface area contributed by atoms with Crippen LogP contribution in [0.15, 0.2) is 54.8 Å². The van der Waals surface area contributed by atoms with Gasteiger partial charge in [0.15, 0.2) is 12.4 Å². The van der Waals surface area contributed by atoms with Crippen molar-refractivity contribution in [3.63, 3.8) is 0 Å². The molecule has 1 aliphatic rings. The van der Waals surface area contributed by atoms with Crippen molar-refractivity contribution in [1.82, 2.24) is 0 Å². The summed E-state index contributed by atoms with van der Waals surface area (Å²) in [6.45, 7) is 7.55. The molecule has 0 bridgehead atoms. The number of hydrogen-bond donors (Lipinski definition) is 0. The Balaban J connectivity index is 1.81. The van der Waals surface area contributed by atoms with Gasteiger partial charge in [-0.3, -0.25) is 4.79 Å². The summed E-state index contributed by atoms with van der Waals surface area (Å²) in [4.78, 5) is 24.4. The number of benzene rings is 2. The van der Waals surface area contributed by atoms with Crippen LogP contribution < -0.4 is 14.2 Å². The fourth-order valence-electron chi connectivity index (χ4n) is 2.88. The lowest BCUT2D eigenvalue weighted by atomic mass is 10.1. The van der Waals surface area contributed by atoms with E-state index in [4.69, 9.17) is 18.9 Å². The van der Waals surface area contributed by atoms with E-state index in [1.807, 2.05) is 31.2 Å². The Hall–Kier alpha value is -3.54. The third kappa shape index (κ3) is 4.48. The summed E-state index contributed by atoms with van der Waals surface area (Å²) in [6, 6.07) is 10.7. The first kappa shape index (κ1) is 20.2. The van der Waals surface area contributed by atoms with Crippen molar-refractivity contribution in [2.45, 2.75) is 13.8 Å². The zero-order valence-corrected chi connectivity index (χ0v) is 16.4. The summed E-state index contributed by atoms with van der Waals surface area (Å²) < 4.78 is 21.9. The Labute approximate surface area is 169 Å². The maximum atomic E-state index is 12.8. The van der Waals surface area contributed by atoms with Gasteiger partial charge in [0.25, 0.3) is 0 Å². The predicted molar refractivity (Wildman–Crippen MR) is 108 cm³/mol. The van der Waals surface area contributed by atoms with Gasteiger partial charge in [-0.25, -0.2) is 4.79 Å². The van der Waals surface area contributed by atoms with E-state index in [-0.39, 0.29) is 24.8 Å². The van der Waals surface area contributed by atoms with Gasteiger partial charge in [0, 0.05) is 11.1 Å². The SMILES string of the molecule is C=CCOC(=O)COc1ccc2c(c1C)O/C(=C\c1ccccc1OCC)C2=O. The molecule has 150 valence electrons. The van der Waals surface area contributed by atoms with Crippen LogP contribution in [0.2, 0.25) is 0 Å². The largest absolute Gasteiger partial charge is 0.493 e. The summed E-state index contributed by atoms with van der Waals surface area (Å²) in [5.74, 6) is 1.03. The van der Waals surface area contributed by atoms with Crippen LogP contribution >= 0.6 is 0 Å². The van der Waals surface area contributed by atoms with Gasteiger partial charge in [-0.2, -0.15) is 0 Å². The smallest absolute Gasteiger partial charge is 0.344 e.